The van der Waals surface area contributed by atoms with Crippen molar-refractivity contribution in [1.29, 1.82) is 0 Å². The first-order valence-electron chi connectivity index (χ1n) is 7.17. The maximum absolute atomic E-state index is 5.61. The summed E-state index contributed by atoms with van der Waals surface area (Å²) in [4.78, 5) is 4.53. The Morgan fingerprint density at radius 2 is 2.25 bits per heavy atom. The van der Waals surface area contributed by atoms with Crippen molar-refractivity contribution < 1.29 is 9.26 Å². The molecule has 1 N–H and O–H groups in total. The van der Waals surface area contributed by atoms with Gasteiger partial charge in [-0.3, -0.25) is 0 Å². The molecule has 3 rings (SSSR count). The van der Waals surface area contributed by atoms with Crippen LogP contribution in [0.4, 0.5) is 0 Å². The number of rotatable bonds is 4. The highest BCUT2D eigenvalue weighted by molar-refractivity contribution is 5.63. The van der Waals surface area contributed by atoms with Crippen LogP contribution in [-0.2, 0) is 0 Å². The maximum Gasteiger partial charge on any atom is 0.244 e. The van der Waals surface area contributed by atoms with Crippen LogP contribution in [0.2, 0.25) is 0 Å². The Kier molecular flexibility index (Phi) is 3.97. The first kappa shape index (κ1) is 13.1. The summed E-state index contributed by atoms with van der Waals surface area (Å²) in [6.45, 7) is 3.59. The second-order valence-corrected chi connectivity index (χ2v) is 4.89. The number of nitrogens with zero attached hydrogens (tertiary/aromatic N) is 2. The lowest BCUT2D eigenvalue weighted by Crippen LogP contribution is -2.26. The molecule has 0 amide bonds. The number of hydrogen-bond acceptors (Lipinski definition) is 5. The highest BCUT2D eigenvalue weighted by Crippen LogP contribution is 2.29. The minimum Gasteiger partial charge on any atom is -0.493 e. The van der Waals surface area contributed by atoms with Crippen molar-refractivity contribution in [2.45, 2.75) is 32.2 Å². The minimum absolute atomic E-state index is 0.184. The van der Waals surface area contributed by atoms with Crippen LogP contribution in [0.25, 0.3) is 11.4 Å². The van der Waals surface area contributed by atoms with Crippen LogP contribution in [0, 0.1) is 0 Å². The normalized spacial score (nSPS) is 18.9. The second-order valence-electron chi connectivity index (χ2n) is 4.89. The summed E-state index contributed by atoms with van der Waals surface area (Å²) in [7, 11) is 0. The highest BCUT2D eigenvalue weighted by Gasteiger charge is 2.22. The zero-order valence-corrected chi connectivity index (χ0v) is 11.6. The third-order valence-electron chi connectivity index (χ3n) is 3.48. The fraction of sp³-hybridized carbons (Fsp3) is 0.467. The van der Waals surface area contributed by atoms with E-state index in [2.05, 4.69) is 15.5 Å². The lowest BCUT2D eigenvalue weighted by molar-refractivity contribution is 0.297. The Hall–Kier alpha value is -1.88. The first-order chi connectivity index (χ1) is 9.88. The molecule has 2 aromatic rings. The van der Waals surface area contributed by atoms with Crippen LogP contribution < -0.4 is 10.1 Å². The molecule has 2 heterocycles. The van der Waals surface area contributed by atoms with Crippen LogP contribution in [0.5, 0.6) is 5.75 Å². The van der Waals surface area contributed by atoms with Crippen molar-refractivity contribution in [2.24, 2.45) is 0 Å². The number of nitrogens with one attached hydrogen (secondary N) is 1. The molecule has 106 valence electrons. The van der Waals surface area contributed by atoms with Gasteiger partial charge in [-0.15, -0.1) is 0 Å². The molecule has 1 atom stereocenters. The number of hydrogen-bond donors (Lipinski definition) is 1. The lowest BCUT2D eigenvalue weighted by Gasteiger charge is -2.19. The van der Waals surface area contributed by atoms with Gasteiger partial charge >= 0.3 is 0 Å². The van der Waals surface area contributed by atoms with Gasteiger partial charge in [-0.1, -0.05) is 23.7 Å². The van der Waals surface area contributed by atoms with Gasteiger partial charge < -0.3 is 14.6 Å². The van der Waals surface area contributed by atoms with Gasteiger partial charge in [0.1, 0.15) is 5.75 Å². The van der Waals surface area contributed by atoms with E-state index in [4.69, 9.17) is 9.26 Å². The average molecular weight is 273 g/mol. The zero-order chi connectivity index (χ0) is 13.8. The molecule has 20 heavy (non-hydrogen) atoms. The molecular weight excluding hydrogens is 254 g/mol. The quantitative estimate of drug-likeness (QED) is 0.928. The van der Waals surface area contributed by atoms with Gasteiger partial charge in [-0.2, -0.15) is 4.98 Å². The number of aromatic nitrogens is 2. The van der Waals surface area contributed by atoms with Gasteiger partial charge in [0, 0.05) is 0 Å². The van der Waals surface area contributed by atoms with Gasteiger partial charge in [-0.25, -0.2) is 0 Å². The number of ether oxygens (including phenoxy) is 1. The van der Waals surface area contributed by atoms with E-state index < -0.39 is 0 Å². The van der Waals surface area contributed by atoms with Crippen LogP contribution in [0.1, 0.15) is 38.1 Å². The summed E-state index contributed by atoms with van der Waals surface area (Å²) >= 11 is 0. The van der Waals surface area contributed by atoms with E-state index in [0.717, 1.165) is 24.3 Å². The molecule has 0 unspecified atom stereocenters. The van der Waals surface area contributed by atoms with Crippen LogP contribution in [-0.4, -0.2) is 23.3 Å². The van der Waals surface area contributed by atoms with E-state index in [1.54, 1.807) is 0 Å². The van der Waals surface area contributed by atoms with Gasteiger partial charge in [0.2, 0.25) is 11.7 Å². The monoisotopic (exact) mass is 273 g/mol. The Labute approximate surface area is 118 Å². The van der Waals surface area contributed by atoms with Crippen LogP contribution in [0.15, 0.2) is 28.8 Å². The summed E-state index contributed by atoms with van der Waals surface area (Å²) in [5, 5.41) is 7.51. The van der Waals surface area contributed by atoms with Crippen molar-refractivity contribution in [3.63, 3.8) is 0 Å². The maximum atomic E-state index is 5.61. The fourth-order valence-corrected chi connectivity index (χ4v) is 2.48. The Balaban J connectivity index is 1.86. The summed E-state index contributed by atoms with van der Waals surface area (Å²) in [5.74, 6) is 2.06. The molecule has 0 spiro atoms. The molecule has 0 aliphatic carbocycles. The van der Waals surface area contributed by atoms with Gasteiger partial charge in [0.25, 0.3) is 0 Å². The molecule has 1 saturated heterocycles. The third kappa shape index (κ3) is 2.67. The molecule has 1 aliphatic heterocycles. The van der Waals surface area contributed by atoms with E-state index in [1.807, 2.05) is 31.2 Å². The van der Waals surface area contributed by atoms with Gasteiger partial charge in [0.05, 0.1) is 18.2 Å². The summed E-state index contributed by atoms with van der Waals surface area (Å²) in [6.07, 6.45) is 3.46. The largest absolute Gasteiger partial charge is 0.493 e. The van der Waals surface area contributed by atoms with Crippen molar-refractivity contribution in [3.05, 3.63) is 30.2 Å². The topological polar surface area (TPSA) is 60.2 Å². The summed E-state index contributed by atoms with van der Waals surface area (Å²) in [6, 6.07) is 7.95. The van der Waals surface area contributed by atoms with Crippen molar-refractivity contribution in [3.8, 4) is 17.1 Å². The third-order valence-corrected chi connectivity index (χ3v) is 3.48. The molecule has 1 aromatic heterocycles. The van der Waals surface area contributed by atoms with E-state index >= 15 is 0 Å². The number of benzene rings is 1. The lowest BCUT2D eigenvalue weighted by atomic mass is 10.1. The van der Waals surface area contributed by atoms with Crippen LogP contribution in [0.3, 0.4) is 0 Å². The van der Waals surface area contributed by atoms with E-state index in [-0.39, 0.29) is 6.04 Å². The van der Waals surface area contributed by atoms with Crippen molar-refractivity contribution in [2.75, 3.05) is 13.2 Å². The predicted octanol–water partition coefficient (Wildman–Crippen LogP) is 2.95. The summed E-state index contributed by atoms with van der Waals surface area (Å²) in [5.41, 5.74) is 0.875. The Bertz CT molecular complexity index is 562. The van der Waals surface area contributed by atoms with Crippen LogP contribution >= 0.6 is 0 Å². The van der Waals surface area contributed by atoms with Crippen molar-refractivity contribution in [1.82, 2.24) is 15.5 Å². The molecule has 1 fully saturated rings. The molecule has 5 nitrogen and oxygen atoms in total. The SMILES string of the molecule is CCOc1ccccc1-c1noc([C@H]2CCCCN2)n1. The van der Waals surface area contributed by atoms with E-state index in [0.29, 0.717) is 18.3 Å². The standard InChI is InChI=1S/C15H19N3O2/c1-2-19-13-9-4-3-7-11(13)14-17-15(20-18-14)12-8-5-6-10-16-12/h3-4,7,9,12,16H,2,5-6,8,10H2,1H3/t12-/m1/s1. The average Bonchev–Trinajstić information content (AvgIpc) is 2.99. The number of para-hydroxylation sites is 1. The zero-order valence-electron chi connectivity index (χ0n) is 11.6. The van der Waals surface area contributed by atoms with E-state index in [1.165, 1.54) is 12.8 Å². The molecule has 0 saturated carbocycles. The molecule has 1 aromatic carbocycles. The predicted molar refractivity (Wildman–Crippen MR) is 75.5 cm³/mol. The molecular formula is C15H19N3O2. The Morgan fingerprint density at radius 1 is 1.35 bits per heavy atom. The van der Waals surface area contributed by atoms with E-state index in [9.17, 15) is 0 Å². The van der Waals surface area contributed by atoms with Gasteiger partial charge in [-0.05, 0) is 38.4 Å². The molecule has 1 aliphatic rings. The fourth-order valence-electron chi connectivity index (χ4n) is 2.48. The smallest absolute Gasteiger partial charge is 0.244 e. The first-order valence-corrected chi connectivity index (χ1v) is 7.17. The molecule has 5 heteroatoms. The molecule has 0 bridgehead atoms. The number of piperidine rings is 1. The highest BCUT2D eigenvalue weighted by atomic mass is 16.5. The van der Waals surface area contributed by atoms with Gasteiger partial charge in [0.15, 0.2) is 0 Å². The Morgan fingerprint density at radius 3 is 3.05 bits per heavy atom. The second kappa shape index (κ2) is 6.05. The van der Waals surface area contributed by atoms with Crippen molar-refractivity contribution >= 4 is 0 Å². The minimum atomic E-state index is 0.184. The summed E-state index contributed by atoms with van der Waals surface area (Å²) < 4.78 is 11.0. The molecule has 0 radical (unpaired) electrons.